The van der Waals surface area contributed by atoms with E-state index < -0.39 is 16.6 Å². The molecule has 1 atom stereocenters. The molecule has 0 bridgehead atoms. The number of benzene rings is 2. The van der Waals surface area contributed by atoms with Crippen molar-refractivity contribution in [2.75, 3.05) is 25.0 Å². The number of hydrogen-bond donors (Lipinski definition) is 1. The minimum absolute atomic E-state index is 0.188. The SMILES string of the molecule is COCCOc1oc(=O)c2cc(NS(=O)c3ccc(C)cc3)ccc2c1C. The highest BCUT2D eigenvalue weighted by atomic mass is 32.2. The van der Waals surface area contributed by atoms with Crippen molar-refractivity contribution in [3.8, 4) is 5.95 Å². The van der Waals surface area contributed by atoms with Gasteiger partial charge >= 0.3 is 5.63 Å². The average Bonchev–Trinajstić information content (AvgIpc) is 2.66. The molecular weight excluding hydrogens is 366 g/mol. The molecule has 1 unspecified atom stereocenters. The molecule has 2 aromatic carbocycles. The van der Waals surface area contributed by atoms with Crippen LogP contribution >= 0.6 is 0 Å². The first kappa shape index (κ1) is 19.1. The Morgan fingerprint density at radius 2 is 1.78 bits per heavy atom. The van der Waals surface area contributed by atoms with E-state index in [0.717, 1.165) is 16.5 Å². The summed E-state index contributed by atoms with van der Waals surface area (Å²) in [6.07, 6.45) is 0. The van der Waals surface area contributed by atoms with Gasteiger partial charge < -0.3 is 18.6 Å². The smallest absolute Gasteiger partial charge is 0.346 e. The van der Waals surface area contributed by atoms with Crippen LogP contribution in [0.3, 0.4) is 0 Å². The Bertz CT molecular complexity index is 1030. The Labute approximate surface area is 159 Å². The molecule has 0 aliphatic rings. The van der Waals surface area contributed by atoms with E-state index in [1.54, 1.807) is 25.3 Å². The van der Waals surface area contributed by atoms with Crippen LogP contribution in [0.2, 0.25) is 0 Å². The number of hydrogen-bond acceptors (Lipinski definition) is 5. The van der Waals surface area contributed by atoms with E-state index >= 15 is 0 Å². The van der Waals surface area contributed by atoms with Gasteiger partial charge in [-0.05, 0) is 43.5 Å². The van der Waals surface area contributed by atoms with E-state index in [1.807, 2.05) is 38.1 Å². The molecule has 0 saturated carbocycles. The predicted octanol–water partition coefficient (Wildman–Crippen LogP) is 3.57. The van der Waals surface area contributed by atoms with Crippen molar-refractivity contribution in [1.29, 1.82) is 0 Å². The molecular formula is C20H21NO5S. The van der Waals surface area contributed by atoms with Crippen molar-refractivity contribution >= 4 is 27.4 Å². The van der Waals surface area contributed by atoms with Crippen molar-refractivity contribution in [3.05, 3.63) is 64.0 Å². The maximum Gasteiger partial charge on any atom is 0.346 e. The summed E-state index contributed by atoms with van der Waals surface area (Å²) in [5, 5.41) is 1.13. The van der Waals surface area contributed by atoms with Crippen LogP contribution in [-0.4, -0.2) is 24.5 Å². The van der Waals surface area contributed by atoms with Gasteiger partial charge in [-0.15, -0.1) is 0 Å². The van der Waals surface area contributed by atoms with Crippen molar-refractivity contribution in [1.82, 2.24) is 0 Å². The summed E-state index contributed by atoms with van der Waals surface area (Å²) in [6.45, 7) is 4.49. The van der Waals surface area contributed by atoms with Crippen LogP contribution in [0, 0.1) is 13.8 Å². The second-order valence-electron chi connectivity index (χ2n) is 6.09. The highest BCUT2D eigenvalue weighted by molar-refractivity contribution is 7.86. The van der Waals surface area contributed by atoms with E-state index in [0.29, 0.717) is 29.2 Å². The zero-order chi connectivity index (χ0) is 19.4. The molecule has 7 heteroatoms. The van der Waals surface area contributed by atoms with Gasteiger partial charge in [-0.1, -0.05) is 23.8 Å². The molecule has 0 saturated heterocycles. The Morgan fingerprint density at radius 1 is 1.04 bits per heavy atom. The number of ether oxygens (including phenoxy) is 2. The third-order valence-electron chi connectivity index (χ3n) is 4.10. The predicted molar refractivity (Wildman–Crippen MR) is 106 cm³/mol. The molecule has 1 N–H and O–H groups in total. The van der Waals surface area contributed by atoms with Gasteiger partial charge in [0.05, 0.1) is 16.9 Å². The summed E-state index contributed by atoms with van der Waals surface area (Å²) >= 11 is 0. The lowest BCUT2D eigenvalue weighted by atomic mass is 10.1. The number of fused-ring (bicyclic) bond motifs is 1. The second-order valence-corrected chi connectivity index (χ2v) is 7.30. The first-order valence-electron chi connectivity index (χ1n) is 8.44. The van der Waals surface area contributed by atoms with Crippen LogP contribution < -0.4 is 15.1 Å². The lowest BCUT2D eigenvalue weighted by Crippen LogP contribution is -2.10. The highest BCUT2D eigenvalue weighted by Gasteiger charge is 2.13. The minimum atomic E-state index is -1.43. The fraction of sp³-hybridized carbons (Fsp3) is 0.250. The van der Waals surface area contributed by atoms with Gasteiger partial charge in [0.1, 0.15) is 17.6 Å². The molecule has 0 aliphatic heterocycles. The van der Waals surface area contributed by atoms with Gasteiger partial charge in [-0.25, -0.2) is 9.00 Å². The van der Waals surface area contributed by atoms with Crippen molar-refractivity contribution in [2.45, 2.75) is 18.7 Å². The van der Waals surface area contributed by atoms with Crippen LogP contribution in [0.25, 0.3) is 10.8 Å². The monoisotopic (exact) mass is 387 g/mol. The van der Waals surface area contributed by atoms with Gasteiger partial charge in [0, 0.05) is 18.4 Å². The fourth-order valence-electron chi connectivity index (χ4n) is 2.61. The number of anilines is 1. The van der Waals surface area contributed by atoms with Crippen molar-refractivity contribution in [3.63, 3.8) is 0 Å². The third-order valence-corrected chi connectivity index (χ3v) is 5.22. The third kappa shape index (κ3) is 4.37. The Morgan fingerprint density at radius 3 is 2.48 bits per heavy atom. The molecule has 0 aliphatic carbocycles. The van der Waals surface area contributed by atoms with Gasteiger partial charge in [-0.3, -0.25) is 0 Å². The average molecular weight is 387 g/mol. The zero-order valence-electron chi connectivity index (χ0n) is 15.4. The maximum atomic E-state index is 12.5. The fourth-order valence-corrected chi connectivity index (χ4v) is 3.45. The van der Waals surface area contributed by atoms with E-state index in [4.69, 9.17) is 13.9 Å². The summed E-state index contributed by atoms with van der Waals surface area (Å²) in [4.78, 5) is 13.0. The number of rotatable bonds is 7. The molecule has 0 radical (unpaired) electrons. The van der Waals surface area contributed by atoms with E-state index in [9.17, 15) is 9.00 Å². The molecule has 3 aromatic rings. The highest BCUT2D eigenvalue weighted by Crippen LogP contribution is 2.27. The lowest BCUT2D eigenvalue weighted by molar-refractivity contribution is 0.127. The standard InChI is InChI=1S/C20H21NO5S/c1-13-4-7-16(8-5-13)27(23)21-15-6-9-17-14(2)20(25-11-10-24-3)26-19(22)18(17)12-15/h4-9,12,21H,10-11H2,1-3H3. The van der Waals surface area contributed by atoms with Crippen LogP contribution in [0.15, 0.2) is 56.6 Å². The van der Waals surface area contributed by atoms with Gasteiger partial charge in [0.25, 0.3) is 5.95 Å². The summed E-state index contributed by atoms with van der Waals surface area (Å²) < 4.78 is 31.1. The second kappa shape index (κ2) is 8.37. The molecule has 6 nitrogen and oxygen atoms in total. The van der Waals surface area contributed by atoms with Gasteiger partial charge in [0.2, 0.25) is 0 Å². The largest absolute Gasteiger partial charge is 0.462 e. The Hall–Kier alpha value is -2.64. The zero-order valence-corrected chi connectivity index (χ0v) is 16.2. The Kier molecular flexibility index (Phi) is 5.93. The van der Waals surface area contributed by atoms with E-state index in [-0.39, 0.29) is 5.95 Å². The van der Waals surface area contributed by atoms with Gasteiger partial charge in [-0.2, -0.15) is 0 Å². The Balaban J connectivity index is 1.87. The molecule has 3 rings (SSSR count). The van der Waals surface area contributed by atoms with E-state index in [1.165, 1.54) is 0 Å². The lowest BCUT2D eigenvalue weighted by Gasteiger charge is -2.11. The number of aryl methyl sites for hydroxylation is 2. The van der Waals surface area contributed by atoms with Crippen LogP contribution in [0.4, 0.5) is 5.69 Å². The van der Waals surface area contributed by atoms with Gasteiger partial charge in [0.15, 0.2) is 0 Å². The topological polar surface area (TPSA) is 77.8 Å². The minimum Gasteiger partial charge on any atom is -0.462 e. The van der Waals surface area contributed by atoms with Crippen LogP contribution in [0.5, 0.6) is 5.95 Å². The summed E-state index contributed by atoms with van der Waals surface area (Å²) in [5.41, 5.74) is 1.89. The quantitative estimate of drug-likeness (QED) is 0.627. The van der Waals surface area contributed by atoms with E-state index in [2.05, 4.69) is 4.72 Å². The van der Waals surface area contributed by atoms with Crippen LogP contribution in [0.1, 0.15) is 11.1 Å². The summed E-state index contributed by atoms with van der Waals surface area (Å²) in [6, 6.07) is 12.6. The molecule has 0 spiro atoms. The van der Waals surface area contributed by atoms with Crippen LogP contribution in [-0.2, 0) is 15.7 Å². The summed E-state index contributed by atoms with van der Waals surface area (Å²) in [7, 11) is 0.143. The summed E-state index contributed by atoms with van der Waals surface area (Å²) in [5.74, 6) is 0.188. The molecule has 142 valence electrons. The maximum absolute atomic E-state index is 12.5. The molecule has 1 heterocycles. The molecule has 0 fully saturated rings. The van der Waals surface area contributed by atoms with Crippen molar-refractivity contribution < 1.29 is 18.1 Å². The first-order chi connectivity index (χ1) is 13.0. The van der Waals surface area contributed by atoms with Crippen molar-refractivity contribution in [2.24, 2.45) is 0 Å². The normalized spacial score (nSPS) is 12.1. The number of nitrogens with one attached hydrogen (secondary N) is 1. The molecule has 0 amide bonds. The number of methoxy groups -OCH3 is 1. The first-order valence-corrected chi connectivity index (χ1v) is 9.59. The molecule has 27 heavy (non-hydrogen) atoms. The molecule has 1 aromatic heterocycles.